The summed E-state index contributed by atoms with van der Waals surface area (Å²) in [7, 11) is 0. The minimum absolute atomic E-state index is 0.0117. The van der Waals surface area contributed by atoms with Crippen molar-refractivity contribution in [2.75, 3.05) is 10.6 Å². The van der Waals surface area contributed by atoms with Gasteiger partial charge in [0.2, 0.25) is 5.91 Å². The molecule has 3 N–H and O–H groups in total. The van der Waals surface area contributed by atoms with Crippen LogP contribution in [0.25, 0.3) is 6.08 Å². The minimum Gasteiger partial charge on any atom is -0.321 e. The molecule has 0 fully saturated rings. The summed E-state index contributed by atoms with van der Waals surface area (Å²) in [6.45, 7) is 1.79. The van der Waals surface area contributed by atoms with Gasteiger partial charge in [-0.05, 0) is 61.0 Å². The summed E-state index contributed by atoms with van der Waals surface area (Å²) in [5.41, 5.74) is 1.37. The zero-order valence-electron chi connectivity index (χ0n) is 20.5. The number of carbonyl (C=O) groups is 3. The van der Waals surface area contributed by atoms with Crippen LogP contribution in [-0.4, -0.2) is 28.0 Å². The molecule has 39 heavy (non-hydrogen) atoms. The van der Waals surface area contributed by atoms with Gasteiger partial charge in [0, 0.05) is 37.8 Å². The lowest BCUT2D eigenvalue weighted by molar-refractivity contribution is -0.115. The molecule has 7 nitrogen and oxygen atoms in total. The van der Waals surface area contributed by atoms with Crippen molar-refractivity contribution >= 4 is 80.9 Å². The van der Waals surface area contributed by atoms with E-state index in [2.05, 4.69) is 20.9 Å². The van der Waals surface area contributed by atoms with E-state index in [1.807, 2.05) is 6.07 Å². The van der Waals surface area contributed by atoms with Crippen LogP contribution < -0.4 is 16.0 Å². The molecule has 1 atom stereocenters. The molecule has 0 radical (unpaired) electrons. The quantitative estimate of drug-likeness (QED) is 0.143. The number of aromatic nitrogens is 1. The summed E-state index contributed by atoms with van der Waals surface area (Å²) < 4.78 is 0. The number of thioether (sulfide) groups is 1. The van der Waals surface area contributed by atoms with Gasteiger partial charge in [0.1, 0.15) is 5.70 Å². The Labute approximate surface area is 243 Å². The predicted molar refractivity (Wildman–Crippen MR) is 159 cm³/mol. The van der Waals surface area contributed by atoms with Crippen LogP contribution in [0.1, 0.15) is 22.8 Å². The zero-order chi connectivity index (χ0) is 27.8. The third-order valence-electron chi connectivity index (χ3n) is 5.23. The molecule has 3 amide bonds. The van der Waals surface area contributed by atoms with Crippen LogP contribution in [0.5, 0.6) is 0 Å². The van der Waals surface area contributed by atoms with Gasteiger partial charge in [-0.25, -0.2) is 4.98 Å². The van der Waals surface area contributed by atoms with E-state index in [1.54, 1.807) is 85.2 Å². The van der Waals surface area contributed by atoms with Crippen molar-refractivity contribution in [3.05, 3.63) is 111 Å². The summed E-state index contributed by atoms with van der Waals surface area (Å²) in [4.78, 5) is 43.6. The fourth-order valence-corrected chi connectivity index (χ4v) is 5.23. The maximum Gasteiger partial charge on any atom is 0.272 e. The summed E-state index contributed by atoms with van der Waals surface area (Å²) >= 11 is 15.0. The predicted octanol–water partition coefficient (Wildman–Crippen LogP) is 6.98. The molecule has 0 saturated carbocycles. The van der Waals surface area contributed by atoms with Gasteiger partial charge in [0.25, 0.3) is 11.8 Å². The van der Waals surface area contributed by atoms with Crippen LogP contribution in [-0.2, 0) is 9.59 Å². The number of carbonyl (C=O) groups excluding carboxylic acids is 3. The summed E-state index contributed by atoms with van der Waals surface area (Å²) in [6.07, 6.45) is 3.11. The second-order valence-electron chi connectivity index (χ2n) is 8.11. The first-order valence-corrected chi connectivity index (χ1v) is 14.1. The van der Waals surface area contributed by atoms with Crippen molar-refractivity contribution in [2.45, 2.75) is 17.1 Å². The largest absolute Gasteiger partial charge is 0.321 e. The highest BCUT2D eigenvalue weighted by molar-refractivity contribution is 8.00. The van der Waals surface area contributed by atoms with Gasteiger partial charge in [-0.1, -0.05) is 53.5 Å². The highest BCUT2D eigenvalue weighted by Crippen LogP contribution is 2.28. The fourth-order valence-electron chi connectivity index (χ4n) is 3.31. The van der Waals surface area contributed by atoms with Crippen molar-refractivity contribution < 1.29 is 14.4 Å². The van der Waals surface area contributed by atoms with Crippen molar-refractivity contribution in [1.29, 1.82) is 0 Å². The SMILES string of the molecule is CC(Sc1cccc(NC(=O)/C(=C\c2ccc(Cl)cc2Cl)NC(=O)c2ccccc2)c1)C(=O)Nc1nccs1. The molecule has 1 heterocycles. The first kappa shape index (κ1) is 28.4. The summed E-state index contributed by atoms with van der Waals surface area (Å²) in [5.74, 6) is -1.19. The lowest BCUT2D eigenvalue weighted by Gasteiger charge is -2.14. The highest BCUT2D eigenvalue weighted by atomic mass is 35.5. The number of benzene rings is 3. The zero-order valence-corrected chi connectivity index (χ0v) is 23.6. The van der Waals surface area contributed by atoms with Gasteiger partial charge in [-0.2, -0.15) is 0 Å². The number of halogens is 2. The number of anilines is 2. The van der Waals surface area contributed by atoms with Crippen LogP contribution in [0, 0.1) is 0 Å². The average Bonchev–Trinajstić information content (AvgIpc) is 3.43. The number of nitrogens with one attached hydrogen (secondary N) is 3. The normalized spacial score (nSPS) is 11.9. The topological polar surface area (TPSA) is 100 Å². The van der Waals surface area contributed by atoms with Gasteiger partial charge in [-0.3, -0.25) is 14.4 Å². The average molecular weight is 598 g/mol. The smallest absolute Gasteiger partial charge is 0.272 e. The van der Waals surface area contributed by atoms with Crippen LogP contribution in [0.4, 0.5) is 10.8 Å². The standard InChI is InChI=1S/C28H22Cl2N4O3S2/c1-17(25(35)34-28-31-12-13-38-28)39-22-9-5-8-21(16-22)32-27(37)24(14-19-10-11-20(29)15-23(19)30)33-26(36)18-6-3-2-4-7-18/h2-17H,1H3,(H,32,37)(H,33,36)(H,31,34,35)/b24-14+. The van der Waals surface area contributed by atoms with Crippen LogP contribution in [0.3, 0.4) is 0 Å². The number of thiazole rings is 1. The van der Waals surface area contributed by atoms with E-state index in [4.69, 9.17) is 23.2 Å². The van der Waals surface area contributed by atoms with E-state index in [0.29, 0.717) is 32.0 Å². The van der Waals surface area contributed by atoms with Crippen molar-refractivity contribution in [1.82, 2.24) is 10.3 Å². The Kier molecular flexibility index (Phi) is 9.78. The number of hydrogen-bond donors (Lipinski definition) is 3. The Bertz CT molecular complexity index is 1510. The third-order valence-corrected chi connectivity index (χ3v) is 7.57. The van der Waals surface area contributed by atoms with E-state index in [9.17, 15) is 14.4 Å². The minimum atomic E-state index is -0.554. The van der Waals surface area contributed by atoms with Gasteiger partial charge in [0.15, 0.2) is 5.13 Å². The van der Waals surface area contributed by atoms with Crippen LogP contribution in [0.2, 0.25) is 10.0 Å². The first-order valence-electron chi connectivity index (χ1n) is 11.6. The molecule has 4 rings (SSSR count). The second-order valence-corrected chi connectivity index (χ2v) is 11.3. The van der Waals surface area contributed by atoms with E-state index in [1.165, 1.54) is 29.2 Å². The molecule has 198 valence electrons. The maximum atomic E-state index is 13.3. The number of nitrogens with zero attached hydrogens (tertiary/aromatic N) is 1. The van der Waals surface area contributed by atoms with E-state index < -0.39 is 17.1 Å². The lowest BCUT2D eigenvalue weighted by atomic mass is 10.1. The van der Waals surface area contributed by atoms with Crippen molar-refractivity contribution in [2.24, 2.45) is 0 Å². The monoisotopic (exact) mass is 596 g/mol. The molecule has 0 saturated heterocycles. The van der Waals surface area contributed by atoms with Gasteiger partial charge in [-0.15, -0.1) is 23.1 Å². The van der Waals surface area contributed by atoms with Crippen molar-refractivity contribution in [3.63, 3.8) is 0 Å². The number of amides is 3. The molecule has 11 heteroatoms. The Balaban J connectivity index is 1.51. The number of hydrogen-bond acceptors (Lipinski definition) is 6. The second kappa shape index (κ2) is 13.4. The molecule has 0 aliphatic carbocycles. The van der Waals surface area contributed by atoms with Crippen LogP contribution >= 0.6 is 46.3 Å². The van der Waals surface area contributed by atoms with E-state index in [0.717, 1.165) is 4.90 Å². The highest BCUT2D eigenvalue weighted by Gasteiger charge is 2.18. The molecular weight excluding hydrogens is 575 g/mol. The Hall–Kier alpha value is -3.63. The summed E-state index contributed by atoms with van der Waals surface area (Å²) in [5, 5.41) is 11.0. The van der Waals surface area contributed by atoms with Gasteiger partial charge < -0.3 is 16.0 Å². The number of rotatable bonds is 9. The molecule has 0 aliphatic rings. The lowest BCUT2D eigenvalue weighted by Crippen LogP contribution is -2.30. The molecule has 0 aliphatic heterocycles. The Morgan fingerprint density at radius 2 is 1.77 bits per heavy atom. The maximum absolute atomic E-state index is 13.3. The van der Waals surface area contributed by atoms with E-state index in [-0.39, 0.29) is 11.6 Å². The molecule has 3 aromatic carbocycles. The third kappa shape index (κ3) is 8.18. The molecule has 4 aromatic rings. The van der Waals surface area contributed by atoms with E-state index >= 15 is 0 Å². The van der Waals surface area contributed by atoms with Crippen LogP contribution in [0.15, 0.2) is 95.0 Å². The first-order chi connectivity index (χ1) is 18.8. The van der Waals surface area contributed by atoms with Gasteiger partial charge in [0.05, 0.1) is 5.25 Å². The molecule has 0 spiro atoms. The Morgan fingerprint density at radius 3 is 2.49 bits per heavy atom. The summed E-state index contributed by atoms with van der Waals surface area (Å²) in [6, 6.07) is 20.5. The Morgan fingerprint density at radius 1 is 0.974 bits per heavy atom. The molecule has 0 bridgehead atoms. The molecular formula is C28H22Cl2N4O3S2. The molecule has 1 aromatic heterocycles. The molecule has 1 unspecified atom stereocenters. The fraction of sp³-hybridized carbons (Fsp3) is 0.0714. The van der Waals surface area contributed by atoms with Crippen molar-refractivity contribution in [3.8, 4) is 0 Å². The van der Waals surface area contributed by atoms with Gasteiger partial charge >= 0.3 is 0 Å².